The first-order valence-electron chi connectivity index (χ1n) is 21.9. The van der Waals surface area contributed by atoms with Crippen LogP contribution in [0.25, 0.3) is 0 Å². The smallest absolute Gasteiger partial charge is 0.306 e. The lowest BCUT2D eigenvalue weighted by molar-refractivity contribution is -0.305. The number of esters is 2. The molecule has 1 fully saturated rings. The summed E-state index contributed by atoms with van der Waals surface area (Å²) >= 11 is 0. The van der Waals surface area contributed by atoms with Gasteiger partial charge in [0.1, 0.15) is 31.0 Å². The SMILES string of the molecule is CC/C=C\C/C=C\C/C=C\CCCCCC(=O)OC(COC(=O)CCCCCCCCC/C=C\C/C=C\CCCCCC)COC1OC(CO)C(O)C(O)C1O. The highest BCUT2D eigenvalue weighted by Gasteiger charge is 2.44. The second-order valence-corrected chi connectivity index (χ2v) is 14.8. The van der Waals surface area contributed by atoms with Gasteiger partial charge in [0.15, 0.2) is 12.4 Å². The standard InChI is InChI=1S/C46H78O10/c1-3-5-7-9-11-13-15-17-18-19-20-21-23-24-26-28-30-32-34-41(48)53-37-39(38-54-46-45(52)44(51)43(50)40(36-47)56-46)55-42(49)35-33-31-29-27-25-22-16-14-12-10-8-6-4-2/h6,8,12-15,18-19,22,25,39-40,43-47,50-52H,3-5,7,9-11,16-17,20-21,23-24,26-38H2,1-2H3/b8-6-,14-12-,15-13-,19-18-,25-22-. The Kier molecular flexibility index (Phi) is 33.7. The van der Waals surface area contributed by atoms with Crippen LogP contribution in [0.2, 0.25) is 0 Å². The predicted molar refractivity (Wildman–Crippen MR) is 224 cm³/mol. The lowest BCUT2D eigenvalue weighted by Crippen LogP contribution is -2.59. The third kappa shape index (κ3) is 27.9. The normalized spacial score (nSPS) is 21.0. The number of unbranched alkanes of at least 4 members (excludes halogenated alkanes) is 14. The minimum atomic E-state index is -1.60. The van der Waals surface area contributed by atoms with Gasteiger partial charge in [0, 0.05) is 12.8 Å². The summed E-state index contributed by atoms with van der Waals surface area (Å²) in [6, 6.07) is 0. The predicted octanol–water partition coefficient (Wildman–Crippen LogP) is 9.05. The first kappa shape index (κ1) is 51.4. The summed E-state index contributed by atoms with van der Waals surface area (Å²) in [5, 5.41) is 40.0. The van der Waals surface area contributed by atoms with Crippen LogP contribution in [-0.4, -0.2) is 89.0 Å². The molecule has 1 saturated heterocycles. The van der Waals surface area contributed by atoms with E-state index in [1.165, 1.54) is 51.4 Å². The fraction of sp³-hybridized carbons (Fsp3) is 0.739. The van der Waals surface area contributed by atoms with E-state index in [2.05, 4.69) is 74.6 Å². The van der Waals surface area contributed by atoms with Crippen LogP contribution in [0, 0.1) is 0 Å². The van der Waals surface area contributed by atoms with E-state index >= 15 is 0 Å². The molecule has 0 aliphatic carbocycles. The molecule has 0 saturated carbocycles. The van der Waals surface area contributed by atoms with E-state index in [0.717, 1.165) is 70.6 Å². The highest BCUT2D eigenvalue weighted by atomic mass is 16.7. The molecule has 0 bridgehead atoms. The Morgan fingerprint density at radius 3 is 1.61 bits per heavy atom. The van der Waals surface area contributed by atoms with E-state index in [0.29, 0.717) is 12.8 Å². The van der Waals surface area contributed by atoms with Gasteiger partial charge < -0.3 is 39.4 Å². The minimum Gasteiger partial charge on any atom is -0.462 e. The van der Waals surface area contributed by atoms with Gasteiger partial charge in [0.2, 0.25) is 0 Å². The summed E-state index contributed by atoms with van der Waals surface area (Å²) in [5.41, 5.74) is 0. The average molecular weight is 791 g/mol. The molecule has 322 valence electrons. The van der Waals surface area contributed by atoms with Crippen molar-refractivity contribution in [3.8, 4) is 0 Å². The quantitative estimate of drug-likeness (QED) is 0.0278. The molecule has 1 heterocycles. The Morgan fingerprint density at radius 2 is 1.05 bits per heavy atom. The van der Waals surface area contributed by atoms with Crippen LogP contribution in [0.4, 0.5) is 0 Å². The molecular weight excluding hydrogens is 712 g/mol. The van der Waals surface area contributed by atoms with Crippen molar-refractivity contribution >= 4 is 11.9 Å². The Balaban J connectivity index is 2.35. The summed E-state index contributed by atoms with van der Waals surface area (Å²) in [6.07, 6.45) is 36.6. The third-order valence-corrected chi connectivity index (χ3v) is 9.64. The van der Waals surface area contributed by atoms with Gasteiger partial charge in [0.05, 0.1) is 13.2 Å². The molecule has 0 aromatic rings. The zero-order chi connectivity index (χ0) is 40.9. The van der Waals surface area contributed by atoms with E-state index in [1.807, 2.05) is 0 Å². The molecule has 10 heteroatoms. The van der Waals surface area contributed by atoms with Crippen molar-refractivity contribution in [3.63, 3.8) is 0 Å². The van der Waals surface area contributed by atoms with Gasteiger partial charge in [-0.25, -0.2) is 0 Å². The molecule has 0 amide bonds. The van der Waals surface area contributed by atoms with Crippen molar-refractivity contribution in [2.75, 3.05) is 19.8 Å². The number of hydrogen-bond acceptors (Lipinski definition) is 10. The zero-order valence-electron chi connectivity index (χ0n) is 34.9. The van der Waals surface area contributed by atoms with E-state index in [1.54, 1.807) is 0 Å². The van der Waals surface area contributed by atoms with Crippen molar-refractivity contribution in [2.24, 2.45) is 0 Å². The highest BCUT2D eigenvalue weighted by Crippen LogP contribution is 2.22. The van der Waals surface area contributed by atoms with Crippen molar-refractivity contribution < 1.29 is 49.0 Å². The van der Waals surface area contributed by atoms with Crippen molar-refractivity contribution in [1.82, 2.24) is 0 Å². The Bertz CT molecular complexity index is 1100. The molecule has 0 aromatic heterocycles. The molecule has 4 N–H and O–H groups in total. The van der Waals surface area contributed by atoms with Crippen LogP contribution in [0.5, 0.6) is 0 Å². The number of aliphatic hydroxyl groups is 4. The second kappa shape index (κ2) is 36.7. The van der Waals surface area contributed by atoms with Crippen LogP contribution in [0.1, 0.15) is 162 Å². The first-order chi connectivity index (χ1) is 27.3. The molecule has 10 nitrogen and oxygen atoms in total. The van der Waals surface area contributed by atoms with Crippen LogP contribution in [-0.2, 0) is 28.5 Å². The van der Waals surface area contributed by atoms with Crippen LogP contribution < -0.4 is 0 Å². The Labute approximate surface area is 339 Å². The fourth-order valence-corrected chi connectivity index (χ4v) is 6.17. The van der Waals surface area contributed by atoms with Gasteiger partial charge >= 0.3 is 11.9 Å². The number of carbonyl (C=O) groups excluding carboxylic acids is 2. The third-order valence-electron chi connectivity index (χ3n) is 9.64. The molecule has 1 rings (SSSR count). The van der Waals surface area contributed by atoms with Gasteiger partial charge in [-0.15, -0.1) is 0 Å². The van der Waals surface area contributed by atoms with Gasteiger partial charge in [-0.1, -0.05) is 132 Å². The monoisotopic (exact) mass is 791 g/mol. The molecule has 56 heavy (non-hydrogen) atoms. The van der Waals surface area contributed by atoms with Crippen molar-refractivity contribution in [2.45, 2.75) is 198 Å². The summed E-state index contributed by atoms with van der Waals surface area (Å²) < 4.78 is 22.1. The molecule has 1 aliphatic rings. The number of hydrogen-bond donors (Lipinski definition) is 4. The highest BCUT2D eigenvalue weighted by molar-refractivity contribution is 5.70. The molecule has 1 aliphatic heterocycles. The van der Waals surface area contributed by atoms with Crippen LogP contribution in [0.15, 0.2) is 60.8 Å². The van der Waals surface area contributed by atoms with Gasteiger partial charge in [0.25, 0.3) is 0 Å². The molecule has 6 atom stereocenters. The van der Waals surface area contributed by atoms with E-state index in [9.17, 15) is 30.0 Å². The van der Waals surface area contributed by atoms with E-state index in [-0.39, 0.29) is 26.1 Å². The maximum atomic E-state index is 12.7. The number of ether oxygens (including phenoxy) is 4. The zero-order valence-corrected chi connectivity index (χ0v) is 34.9. The van der Waals surface area contributed by atoms with Crippen LogP contribution in [0.3, 0.4) is 0 Å². The summed E-state index contributed by atoms with van der Waals surface area (Å²) in [4.78, 5) is 25.3. The largest absolute Gasteiger partial charge is 0.462 e. The minimum absolute atomic E-state index is 0.190. The number of carbonyl (C=O) groups is 2. The van der Waals surface area contributed by atoms with E-state index < -0.39 is 55.4 Å². The summed E-state index contributed by atoms with van der Waals surface area (Å²) in [7, 11) is 0. The molecule has 6 unspecified atom stereocenters. The molecule has 0 radical (unpaired) electrons. The van der Waals surface area contributed by atoms with Crippen molar-refractivity contribution in [3.05, 3.63) is 60.8 Å². The fourth-order valence-electron chi connectivity index (χ4n) is 6.17. The second-order valence-electron chi connectivity index (χ2n) is 14.8. The van der Waals surface area contributed by atoms with Crippen LogP contribution >= 0.6 is 0 Å². The van der Waals surface area contributed by atoms with Gasteiger partial charge in [-0.05, 0) is 77.0 Å². The Morgan fingerprint density at radius 1 is 0.571 bits per heavy atom. The topological polar surface area (TPSA) is 152 Å². The molecular formula is C46H78O10. The molecule has 0 spiro atoms. The summed E-state index contributed by atoms with van der Waals surface area (Å²) in [6.45, 7) is 3.24. The Hall–Kier alpha value is -2.60. The van der Waals surface area contributed by atoms with Crippen molar-refractivity contribution in [1.29, 1.82) is 0 Å². The number of aliphatic hydroxyl groups excluding tert-OH is 4. The van der Waals surface area contributed by atoms with Gasteiger partial charge in [-0.3, -0.25) is 9.59 Å². The average Bonchev–Trinajstić information content (AvgIpc) is 3.19. The maximum Gasteiger partial charge on any atom is 0.306 e. The lowest BCUT2D eigenvalue weighted by atomic mass is 9.99. The first-order valence-corrected chi connectivity index (χ1v) is 21.9. The van der Waals surface area contributed by atoms with E-state index in [4.69, 9.17) is 18.9 Å². The maximum absolute atomic E-state index is 12.7. The molecule has 0 aromatic carbocycles. The van der Waals surface area contributed by atoms with Gasteiger partial charge in [-0.2, -0.15) is 0 Å². The number of allylic oxidation sites excluding steroid dienone is 10. The summed E-state index contributed by atoms with van der Waals surface area (Å²) in [5.74, 6) is -0.855. The lowest BCUT2D eigenvalue weighted by Gasteiger charge is -2.39. The number of rotatable bonds is 35.